The third-order valence-electron chi connectivity index (χ3n) is 2.73. The second-order valence-corrected chi connectivity index (χ2v) is 5.42. The molecule has 0 aliphatic carbocycles. The van der Waals surface area contributed by atoms with E-state index in [2.05, 4.69) is 11.4 Å². The molecule has 0 aliphatic heterocycles. The van der Waals surface area contributed by atoms with Crippen molar-refractivity contribution in [1.29, 1.82) is 0 Å². The number of ether oxygens (including phenoxy) is 2. The molecular weight excluding hydrogens is 268 g/mol. The molecule has 2 nitrogen and oxygen atoms in total. The smallest absolute Gasteiger partial charge is 0.161 e. The maximum atomic E-state index is 6.43. The number of alkyl halides is 1. The summed E-state index contributed by atoms with van der Waals surface area (Å²) < 4.78 is 10.5. The van der Waals surface area contributed by atoms with Crippen molar-refractivity contribution in [1.82, 2.24) is 0 Å². The molecule has 0 bridgehead atoms. The van der Waals surface area contributed by atoms with Crippen molar-refractivity contribution in [3.8, 4) is 11.5 Å². The average Bonchev–Trinajstić information content (AvgIpc) is 2.90. The van der Waals surface area contributed by atoms with Crippen LogP contribution in [0.3, 0.4) is 0 Å². The Morgan fingerprint density at radius 2 is 1.94 bits per heavy atom. The van der Waals surface area contributed by atoms with E-state index in [0.717, 1.165) is 17.7 Å². The maximum absolute atomic E-state index is 6.43. The number of hydrogen-bond donors (Lipinski definition) is 0. The third-order valence-corrected chi connectivity index (χ3v) is 4.03. The Morgan fingerprint density at radius 1 is 1.17 bits per heavy atom. The zero-order chi connectivity index (χ0) is 13.0. The minimum Gasteiger partial charge on any atom is -0.493 e. The second-order valence-electron chi connectivity index (χ2n) is 3.87. The highest BCUT2D eigenvalue weighted by Gasteiger charge is 2.13. The lowest BCUT2D eigenvalue weighted by molar-refractivity contribution is 0.354. The number of thiophene rings is 1. The van der Waals surface area contributed by atoms with E-state index in [9.17, 15) is 0 Å². The molecule has 1 unspecified atom stereocenters. The summed E-state index contributed by atoms with van der Waals surface area (Å²) in [6.07, 6.45) is 0.828. The third kappa shape index (κ3) is 2.98. The Bertz CT molecular complexity index is 497. The van der Waals surface area contributed by atoms with Gasteiger partial charge in [-0.1, -0.05) is 12.1 Å². The van der Waals surface area contributed by atoms with Gasteiger partial charge in [-0.2, -0.15) is 0 Å². The van der Waals surface area contributed by atoms with E-state index in [4.69, 9.17) is 21.1 Å². The van der Waals surface area contributed by atoms with E-state index in [1.54, 1.807) is 25.6 Å². The number of methoxy groups -OCH3 is 2. The molecule has 4 heteroatoms. The van der Waals surface area contributed by atoms with Crippen molar-refractivity contribution in [3.05, 3.63) is 46.2 Å². The van der Waals surface area contributed by atoms with E-state index < -0.39 is 0 Å². The lowest BCUT2D eigenvalue weighted by atomic mass is 10.1. The van der Waals surface area contributed by atoms with Crippen LogP contribution in [0, 0.1) is 0 Å². The van der Waals surface area contributed by atoms with Crippen LogP contribution in [0.1, 0.15) is 15.8 Å². The molecule has 1 aromatic carbocycles. The first-order valence-electron chi connectivity index (χ1n) is 5.63. The van der Waals surface area contributed by atoms with Crippen LogP contribution in [-0.2, 0) is 6.42 Å². The van der Waals surface area contributed by atoms with Gasteiger partial charge in [-0.25, -0.2) is 0 Å². The monoisotopic (exact) mass is 282 g/mol. The molecule has 0 saturated heterocycles. The minimum absolute atomic E-state index is 0.0524. The fourth-order valence-electron chi connectivity index (χ4n) is 1.77. The maximum Gasteiger partial charge on any atom is 0.161 e. The Morgan fingerprint density at radius 3 is 2.56 bits per heavy atom. The van der Waals surface area contributed by atoms with Crippen LogP contribution in [-0.4, -0.2) is 14.2 Å². The molecule has 0 N–H and O–H groups in total. The van der Waals surface area contributed by atoms with E-state index in [-0.39, 0.29) is 5.38 Å². The van der Waals surface area contributed by atoms with Crippen LogP contribution in [0.4, 0.5) is 0 Å². The van der Waals surface area contributed by atoms with Crippen LogP contribution in [0.2, 0.25) is 0 Å². The Hall–Kier alpha value is -1.19. The van der Waals surface area contributed by atoms with Gasteiger partial charge in [0.05, 0.1) is 19.6 Å². The zero-order valence-corrected chi connectivity index (χ0v) is 11.9. The average molecular weight is 283 g/mol. The normalized spacial score (nSPS) is 12.2. The van der Waals surface area contributed by atoms with Gasteiger partial charge in [0.1, 0.15) is 0 Å². The summed E-state index contributed by atoms with van der Waals surface area (Å²) in [5.74, 6) is 1.44. The first kappa shape index (κ1) is 13.2. The molecule has 0 radical (unpaired) electrons. The van der Waals surface area contributed by atoms with Gasteiger partial charge in [0.25, 0.3) is 0 Å². The van der Waals surface area contributed by atoms with Crippen molar-refractivity contribution < 1.29 is 9.47 Å². The summed E-state index contributed by atoms with van der Waals surface area (Å²) in [5, 5.41) is 2.01. The van der Waals surface area contributed by atoms with Crippen molar-refractivity contribution >= 4 is 22.9 Å². The van der Waals surface area contributed by atoms with Gasteiger partial charge < -0.3 is 9.47 Å². The number of hydrogen-bond acceptors (Lipinski definition) is 3. The van der Waals surface area contributed by atoms with Crippen molar-refractivity contribution in [2.24, 2.45) is 0 Å². The second kappa shape index (κ2) is 6.12. The van der Waals surface area contributed by atoms with E-state index in [0.29, 0.717) is 5.75 Å². The van der Waals surface area contributed by atoms with Gasteiger partial charge in [-0.05, 0) is 29.1 Å². The molecule has 0 saturated carbocycles. The molecule has 0 aliphatic rings. The molecule has 2 rings (SSSR count). The van der Waals surface area contributed by atoms with Crippen molar-refractivity contribution in [3.63, 3.8) is 0 Å². The SMILES string of the molecule is COc1ccc(C(Cl)Cc2cccs2)cc1OC. The van der Waals surface area contributed by atoms with E-state index >= 15 is 0 Å². The van der Waals surface area contributed by atoms with Crippen LogP contribution in [0.5, 0.6) is 11.5 Å². The molecule has 96 valence electrons. The molecule has 1 atom stereocenters. The van der Waals surface area contributed by atoms with Crippen LogP contribution in [0.15, 0.2) is 35.7 Å². The fourth-order valence-corrected chi connectivity index (χ4v) is 2.92. The van der Waals surface area contributed by atoms with Crippen molar-refractivity contribution in [2.75, 3.05) is 14.2 Å². The first-order valence-corrected chi connectivity index (χ1v) is 6.94. The summed E-state index contributed by atoms with van der Waals surface area (Å²) in [6, 6.07) is 9.94. The van der Waals surface area contributed by atoms with E-state index in [1.807, 2.05) is 24.3 Å². The standard InChI is InChI=1S/C14H15ClO2S/c1-16-13-6-5-10(8-14(13)17-2)12(15)9-11-4-3-7-18-11/h3-8,12H,9H2,1-2H3. The van der Waals surface area contributed by atoms with Gasteiger partial charge in [-0.3, -0.25) is 0 Å². The van der Waals surface area contributed by atoms with Gasteiger partial charge in [0.15, 0.2) is 11.5 Å². The summed E-state index contributed by atoms with van der Waals surface area (Å²) >= 11 is 8.16. The molecule has 0 fully saturated rings. The lowest BCUT2D eigenvalue weighted by Gasteiger charge is -2.12. The number of halogens is 1. The van der Waals surface area contributed by atoms with Gasteiger partial charge >= 0.3 is 0 Å². The number of benzene rings is 1. The summed E-state index contributed by atoms with van der Waals surface area (Å²) in [6.45, 7) is 0. The Labute approximate surface area is 116 Å². The Kier molecular flexibility index (Phi) is 4.50. The van der Waals surface area contributed by atoms with Crippen LogP contribution >= 0.6 is 22.9 Å². The molecule has 1 aromatic heterocycles. The molecular formula is C14H15ClO2S. The molecule has 18 heavy (non-hydrogen) atoms. The first-order chi connectivity index (χ1) is 8.74. The topological polar surface area (TPSA) is 18.5 Å². The highest BCUT2D eigenvalue weighted by molar-refractivity contribution is 7.09. The summed E-state index contributed by atoms with van der Waals surface area (Å²) in [7, 11) is 3.26. The predicted molar refractivity (Wildman–Crippen MR) is 76.2 cm³/mol. The number of rotatable bonds is 5. The van der Waals surface area contributed by atoms with Gasteiger partial charge in [-0.15, -0.1) is 22.9 Å². The lowest BCUT2D eigenvalue weighted by Crippen LogP contribution is -1.97. The molecule has 2 aromatic rings. The molecule has 0 spiro atoms. The Balaban J connectivity index is 2.17. The molecule has 0 amide bonds. The largest absolute Gasteiger partial charge is 0.493 e. The minimum atomic E-state index is -0.0524. The van der Waals surface area contributed by atoms with Crippen LogP contribution < -0.4 is 9.47 Å². The predicted octanol–water partition coefficient (Wildman–Crippen LogP) is 4.29. The highest BCUT2D eigenvalue weighted by Crippen LogP contribution is 2.34. The van der Waals surface area contributed by atoms with Crippen LogP contribution in [0.25, 0.3) is 0 Å². The summed E-state index contributed by atoms with van der Waals surface area (Å²) in [5.41, 5.74) is 1.04. The highest BCUT2D eigenvalue weighted by atomic mass is 35.5. The van der Waals surface area contributed by atoms with Crippen molar-refractivity contribution in [2.45, 2.75) is 11.8 Å². The van der Waals surface area contributed by atoms with Gasteiger partial charge in [0, 0.05) is 11.3 Å². The molecule has 1 heterocycles. The zero-order valence-electron chi connectivity index (χ0n) is 10.4. The van der Waals surface area contributed by atoms with Gasteiger partial charge in [0.2, 0.25) is 0 Å². The fraction of sp³-hybridized carbons (Fsp3) is 0.286. The quantitative estimate of drug-likeness (QED) is 0.762. The van der Waals surface area contributed by atoms with E-state index in [1.165, 1.54) is 4.88 Å². The summed E-state index contributed by atoms with van der Waals surface area (Å²) in [4.78, 5) is 1.28.